The highest BCUT2D eigenvalue weighted by molar-refractivity contribution is 9.10. The maximum Gasteiger partial charge on any atom is 0.271 e. The van der Waals surface area contributed by atoms with Crippen molar-refractivity contribution in [2.75, 3.05) is 4.72 Å². The van der Waals surface area contributed by atoms with E-state index in [0.29, 0.717) is 11.3 Å². The van der Waals surface area contributed by atoms with Crippen LogP contribution in [0.25, 0.3) is 0 Å². The molecule has 1 heterocycles. The maximum atomic E-state index is 13.3. The summed E-state index contributed by atoms with van der Waals surface area (Å²) >= 11 is 4.29. The number of hydrogen-bond acceptors (Lipinski definition) is 3. The van der Waals surface area contributed by atoms with Crippen molar-refractivity contribution >= 4 is 43.0 Å². The van der Waals surface area contributed by atoms with E-state index in [2.05, 4.69) is 20.7 Å². The third-order valence-electron chi connectivity index (χ3n) is 2.76. The van der Waals surface area contributed by atoms with Gasteiger partial charge in [0.25, 0.3) is 10.0 Å². The number of halogens is 2. The summed E-state index contributed by atoms with van der Waals surface area (Å²) in [6, 6.07) is 6.09. The summed E-state index contributed by atoms with van der Waals surface area (Å²) in [5, 5.41) is 0. The highest BCUT2D eigenvalue weighted by Gasteiger charge is 2.18. The van der Waals surface area contributed by atoms with Gasteiger partial charge in [-0.05, 0) is 59.1 Å². The van der Waals surface area contributed by atoms with E-state index >= 15 is 0 Å². The summed E-state index contributed by atoms with van der Waals surface area (Å²) < 4.78 is 40.9. The molecule has 0 saturated carbocycles. The van der Waals surface area contributed by atoms with E-state index in [1.165, 1.54) is 23.5 Å². The van der Waals surface area contributed by atoms with Gasteiger partial charge in [-0.3, -0.25) is 4.72 Å². The molecule has 0 saturated heterocycles. The topological polar surface area (TPSA) is 46.2 Å². The van der Waals surface area contributed by atoms with Crippen molar-refractivity contribution in [3.8, 4) is 0 Å². The Morgan fingerprint density at radius 3 is 2.65 bits per heavy atom. The number of aryl methyl sites for hydroxylation is 2. The highest BCUT2D eigenvalue weighted by Crippen LogP contribution is 2.28. The van der Waals surface area contributed by atoms with Crippen molar-refractivity contribution in [3.63, 3.8) is 0 Å². The van der Waals surface area contributed by atoms with Gasteiger partial charge in [0.1, 0.15) is 10.0 Å². The zero-order chi connectivity index (χ0) is 14.9. The average Bonchev–Trinajstić information content (AvgIpc) is 2.85. The first-order valence-corrected chi connectivity index (χ1v) is 9.00. The van der Waals surface area contributed by atoms with Crippen LogP contribution < -0.4 is 4.72 Å². The minimum atomic E-state index is -3.63. The molecule has 0 aliphatic heterocycles. The number of sulfonamides is 1. The number of rotatable bonds is 4. The van der Waals surface area contributed by atoms with Gasteiger partial charge in [0.05, 0.1) is 10.2 Å². The van der Waals surface area contributed by atoms with Gasteiger partial charge in [-0.25, -0.2) is 12.8 Å². The van der Waals surface area contributed by atoms with E-state index in [9.17, 15) is 12.8 Å². The molecule has 0 radical (unpaired) electrons. The lowest BCUT2D eigenvalue weighted by Gasteiger charge is -2.10. The summed E-state index contributed by atoms with van der Waals surface area (Å²) in [4.78, 5) is 1.00. The van der Waals surface area contributed by atoms with Crippen molar-refractivity contribution < 1.29 is 12.8 Å². The Bertz CT molecular complexity index is 741. The monoisotopic (exact) mass is 377 g/mol. The smallest absolute Gasteiger partial charge is 0.271 e. The van der Waals surface area contributed by atoms with Crippen LogP contribution in [0, 0.1) is 12.7 Å². The molecule has 1 aromatic carbocycles. The van der Waals surface area contributed by atoms with Crippen LogP contribution in [0.3, 0.4) is 0 Å². The average molecular weight is 378 g/mol. The molecule has 0 atom stereocenters. The number of benzene rings is 1. The highest BCUT2D eigenvalue weighted by atomic mass is 79.9. The number of anilines is 1. The first-order valence-electron chi connectivity index (χ1n) is 5.90. The van der Waals surface area contributed by atoms with E-state index in [-0.39, 0.29) is 8.68 Å². The molecule has 2 rings (SSSR count). The molecule has 0 unspecified atom stereocenters. The van der Waals surface area contributed by atoms with Crippen LogP contribution in [0.2, 0.25) is 0 Å². The minimum absolute atomic E-state index is 0.223. The van der Waals surface area contributed by atoms with Gasteiger partial charge in [0.2, 0.25) is 0 Å². The molecular formula is C13H13BrFNO2S2. The predicted octanol–water partition coefficient (Wildman–Crippen LogP) is 4.32. The zero-order valence-electron chi connectivity index (χ0n) is 10.9. The van der Waals surface area contributed by atoms with Gasteiger partial charge in [-0.1, -0.05) is 6.92 Å². The summed E-state index contributed by atoms with van der Waals surface area (Å²) in [5.74, 6) is -0.421. The second-order valence-corrected chi connectivity index (χ2v) is 8.19. The molecule has 0 fully saturated rings. The molecule has 0 spiro atoms. The Morgan fingerprint density at radius 1 is 1.35 bits per heavy atom. The van der Waals surface area contributed by atoms with Gasteiger partial charge >= 0.3 is 0 Å². The normalized spacial score (nSPS) is 11.6. The molecule has 7 heteroatoms. The molecular weight excluding hydrogens is 365 g/mol. The molecule has 3 nitrogen and oxygen atoms in total. The SMILES string of the molecule is CCc1ccc(S(=O)(=O)Nc2cc(Br)c(F)cc2C)s1. The van der Waals surface area contributed by atoms with Crippen molar-refractivity contribution in [2.24, 2.45) is 0 Å². The van der Waals surface area contributed by atoms with Crippen LogP contribution in [-0.2, 0) is 16.4 Å². The largest absolute Gasteiger partial charge is 0.279 e. The molecule has 0 aliphatic carbocycles. The lowest BCUT2D eigenvalue weighted by molar-refractivity contribution is 0.602. The molecule has 1 N–H and O–H groups in total. The molecule has 0 aliphatic rings. The fraction of sp³-hybridized carbons (Fsp3) is 0.231. The van der Waals surface area contributed by atoms with E-state index in [1.807, 2.05) is 6.92 Å². The van der Waals surface area contributed by atoms with E-state index in [4.69, 9.17) is 0 Å². The molecule has 0 bridgehead atoms. The summed E-state index contributed by atoms with van der Waals surface area (Å²) in [6.07, 6.45) is 0.793. The molecule has 2 aromatic rings. The van der Waals surface area contributed by atoms with E-state index < -0.39 is 15.8 Å². The van der Waals surface area contributed by atoms with Crippen LogP contribution in [0.15, 0.2) is 32.9 Å². The standard InChI is InChI=1S/C13H13BrFNO2S2/c1-3-9-4-5-13(19-9)20(17,18)16-12-7-10(14)11(15)6-8(12)2/h4-7,16H,3H2,1-2H3. The third kappa shape index (κ3) is 3.21. The van der Waals surface area contributed by atoms with Crippen LogP contribution in [-0.4, -0.2) is 8.42 Å². The van der Waals surface area contributed by atoms with Crippen LogP contribution in [0.4, 0.5) is 10.1 Å². The lowest BCUT2D eigenvalue weighted by Crippen LogP contribution is -2.12. The number of hydrogen-bond donors (Lipinski definition) is 1. The summed E-state index contributed by atoms with van der Waals surface area (Å²) in [6.45, 7) is 3.62. The van der Waals surface area contributed by atoms with Crippen LogP contribution >= 0.6 is 27.3 Å². The third-order valence-corrected chi connectivity index (χ3v) is 6.46. The van der Waals surface area contributed by atoms with Gasteiger partial charge in [0.15, 0.2) is 0 Å². The molecule has 20 heavy (non-hydrogen) atoms. The van der Waals surface area contributed by atoms with Crippen LogP contribution in [0.5, 0.6) is 0 Å². The Balaban J connectivity index is 2.35. The fourth-order valence-electron chi connectivity index (χ4n) is 1.64. The first-order chi connectivity index (χ1) is 9.33. The lowest BCUT2D eigenvalue weighted by atomic mass is 10.2. The first kappa shape index (κ1) is 15.5. The maximum absolute atomic E-state index is 13.3. The number of thiophene rings is 1. The van der Waals surface area contributed by atoms with Gasteiger partial charge in [-0.2, -0.15) is 0 Å². The second-order valence-electron chi connectivity index (χ2n) is 4.26. The molecule has 1 aromatic heterocycles. The minimum Gasteiger partial charge on any atom is -0.279 e. The van der Waals surface area contributed by atoms with Gasteiger partial charge in [-0.15, -0.1) is 11.3 Å². The van der Waals surface area contributed by atoms with Gasteiger partial charge < -0.3 is 0 Å². The Morgan fingerprint density at radius 2 is 2.05 bits per heavy atom. The van der Waals surface area contributed by atoms with Crippen molar-refractivity contribution in [2.45, 2.75) is 24.5 Å². The summed E-state index contributed by atoms with van der Waals surface area (Å²) in [5.41, 5.74) is 0.895. The van der Waals surface area contributed by atoms with Crippen molar-refractivity contribution in [1.82, 2.24) is 0 Å². The Labute approximate surface area is 130 Å². The predicted molar refractivity (Wildman–Crippen MR) is 83.3 cm³/mol. The fourth-order valence-corrected chi connectivity index (χ4v) is 4.40. The van der Waals surface area contributed by atoms with Crippen LogP contribution in [0.1, 0.15) is 17.4 Å². The molecule has 0 amide bonds. The Kier molecular flexibility index (Phi) is 4.51. The summed E-state index contributed by atoms with van der Waals surface area (Å²) in [7, 11) is -3.63. The zero-order valence-corrected chi connectivity index (χ0v) is 14.1. The van der Waals surface area contributed by atoms with Gasteiger partial charge in [0, 0.05) is 4.88 Å². The van der Waals surface area contributed by atoms with E-state index in [0.717, 1.165) is 11.3 Å². The second kappa shape index (κ2) is 5.83. The van der Waals surface area contributed by atoms with Crippen molar-refractivity contribution in [1.29, 1.82) is 0 Å². The number of nitrogens with one attached hydrogen (secondary N) is 1. The quantitative estimate of drug-likeness (QED) is 0.861. The Hall–Kier alpha value is -0.920. The van der Waals surface area contributed by atoms with Crippen molar-refractivity contribution in [3.05, 3.63) is 45.0 Å². The molecule has 108 valence electrons. The van der Waals surface area contributed by atoms with E-state index in [1.54, 1.807) is 19.1 Å².